The molecule has 2 aromatic rings. The topological polar surface area (TPSA) is 86.2 Å². The third kappa shape index (κ3) is 1.62. The molecule has 2 heterocycles. The number of fused-ring (bicyclic) bond motifs is 3. The second-order valence-corrected chi connectivity index (χ2v) is 4.14. The molecule has 0 spiro atoms. The van der Waals surface area contributed by atoms with Gasteiger partial charge in [-0.25, -0.2) is 9.78 Å². The number of pyridine rings is 2. The van der Waals surface area contributed by atoms with E-state index < -0.39 is 17.5 Å². The Labute approximate surface area is 113 Å². The zero-order chi connectivity index (χ0) is 14.3. The van der Waals surface area contributed by atoms with Crippen molar-refractivity contribution in [3.63, 3.8) is 0 Å². The van der Waals surface area contributed by atoms with Crippen LogP contribution in [0.5, 0.6) is 0 Å². The average molecular weight is 268 g/mol. The molecule has 1 aliphatic rings. The summed E-state index contributed by atoms with van der Waals surface area (Å²) in [4.78, 5) is 43.6. The third-order valence-corrected chi connectivity index (χ3v) is 3.02. The number of rotatable bonds is 1. The summed E-state index contributed by atoms with van der Waals surface area (Å²) in [5.74, 6) is -1.88. The Hall–Kier alpha value is -2.89. The van der Waals surface area contributed by atoms with Gasteiger partial charge in [-0.2, -0.15) is 0 Å². The van der Waals surface area contributed by atoms with E-state index in [4.69, 9.17) is 0 Å². The smallest absolute Gasteiger partial charge is 0.356 e. The summed E-state index contributed by atoms with van der Waals surface area (Å²) in [6, 6.07) is 5.83. The first-order valence-electron chi connectivity index (χ1n) is 5.77. The number of methoxy groups -OCH3 is 1. The van der Waals surface area contributed by atoms with Crippen LogP contribution in [0.4, 0.5) is 0 Å². The average Bonchev–Trinajstić information content (AvgIpc) is 2.51. The molecule has 0 aromatic carbocycles. The molecule has 0 radical (unpaired) electrons. The predicted octanol–water partition coefficient (Wildman–Crippen LogP) is 1.31. The van der Waals surface area contributed by atoms with Crippen LogP contribution in [0.3, 0.4) is 0 Å². The van der Waals surface area contributed by atoms with Crippen LogP contribution in [0.2, 0.25) is 0 Å². The fourth-order valence-electron chi connectivity index (χ4n) is 2.06. The molecule has 0 saturated heterocycles. The van der Waals surface area contributed by atoms with Gasteiger partial charge < -0.3 is 4.74 Å². The predicted molar refractivity (Wildman–Crippen MR) is 67.5 cm³/mol. The van der Waals surface area contributed by atoms with Gasteiger partial charge in [0.15, 0.2) is 0 Å². The molecule has 0 aliphatic heterocycles. The van der Waals surface area contributed by atoms with Crippen LogP contribution in [0.1, 0.15) is 31.2 Å². The molecule has 0 atom stereocenters. The molecule has 0 fully saturated rings. The van der Waals surface area contributed by atoms with Gasteiger partial charge in [0.1, 0.15) is 17.1 Å². The van der Waals surface area contributed by atoms with Gasteiger partial charge in [0.2, 0.25) is 11.6 Å². The van der Waals surface area contributed by atoms with Crippen molar-refractivity contribution < 1.29 is 19.1 Å². The van der Waals surface area contributed by atoms with Crippen LogP contribution in [0.15, 0.2) is 30.5 Å². The lowest BCUT2D eigenvalue weighted by Crippen LogP contribution is -2.23. The zero-order valence-corrected chi connectivity index (χ0v) is 10.4. The molecule has 0 N–H and O–H groups in total. The fourth-order valence-corrected chi connectivity index (χ4v) is 2.06. The highest BCUT2D eigenvalue weighted by Gasteiger charge is 2.32. The van der Waals surface area contributed by atoms with Crippen LogP contribution < -0.4 is 0 Å². The quantitative estimate of drug-likeness (QED) is 0.572. The van der Waals surface area contributed by atoms with Gasteiger partial charge in [-0.15, -0.1) is 0 Å². The van der Waals surface area contributed by atoms with E-state index in [2.05, 4.69) is 14.7 Å². The Morgan fingerprint density at radius 3 is 2.45 bits per heavy atom. The van der Waals surface area contributed by atoms with Crippen LogP contribution in [-0.2, 0) is 4.74 Å². The first-order valence-corrected chi connectivity index (χ1v) is 5.77. The number of esters is 1. The lowest BCUT2D eigenvalue weighted by atomic mass is 9.90. The number of carbonyl (C=O) groups excluding carboxylic acids is 3. The largest absolute Gasteiger partial charge is 0.464 e. The zero-order valence-electron chi connectivity index (χ0n) is 10.4. The number of ketones is 2. The number of carbonyl (C=O) groups is 3. The van der Waals surface area contributed by atoms with E-state index in [9.17, 15) is 14.4 Å². The summed E-state index contributed by atoms with van der Waals surface area (Å²) in [5.41, 5.74) is 0.935. The molecule has 0 saturated carbocycles. The van der Waals surface area contributed by atoms with Crippen molar-refractivity contribution in [3.8, 4) is 11.4 Å². The second kappa shape index (κ2) is 4.34. The molecule has 20 heavy (non-hydrogen) atoms. The van der Waals surface area contributed by atoms with Gasteiger partial charge in [-0.05, 0) is 24.3 Å². The lowest BCUT2D eigenvalue weighted by molar-refractivity contribution is 0.0594. The number of Topliss-reactive ketones (excluding diaryl/α,β-unsaturated/α-hetero) is 2. The van der Waals surface area contributed by atoms with Crippen molar-refractivity contribution in [2.75, 3.05) is 7.11 Å². The van der Waals surface area contributed by atoms with Crippen molar-refractivity contribution in [2.45, 2.75) is 0 Å². The molecule has 6 nitrogen and oxygen atoms in total. The molecule has 0 amide bonds. The van der Waals surface area contributed by atoms with Crippen molar-refractivity contribution in [1.29, 1.82) is 0 Å². The Morgan fingerprint density at radius 2 is 1.75 bits per heavy atom. The number of hydrogen-bond donors (Lipinski definition) is 0. The molecule has 2 aromatic heterocycles. The summed E-state index contributed by atoms with van der Waals surface area (Å²) < 4.78 is 4.59. The van der Waals surface area contributed by atoms with E-state index in [1.54, 1.807) is 6.07 Å². The van der Waals surface area contributed by atoms with Crippen molar-refractivity contribution >= 4 is 17.5 Å². The number of hydrogen-bond acceptors (Lipinski definition) is 6. The van der Waals surface area contributed by atoms with E-state index in [0.29, 0.717) is 5.69 Å². The van der Waals surface area contributed by atoms with Crippen LogP contribution in [-0.4, -0.2) is 34.6 Å². The van der Waals surface area contributed by atoms with Gasteiger partial charge in [-0.3, -0.25) is 14.6 Å². The van der Waals surface area contributed by atoms with E-state index >= 15 is 0 Å². The minimum absolute atomic E-state index is 0.0602. The Balaban J connectivity index is 2.28. The Morgan fingerprint density at radius 1 is 1.05 bits per heavy atom. The molecular formula is C14H8N2O4. The van der Waals surface area contributed by atoms with Crippen molar-refractivity contribution in [2.24, 2.45) is 0 Å². The van der Waals surface area contributed by atoms with Crippen molar-refractivity contribution in [3.05, 3.63) is 47.3 Å². The molecule has 6 heteroatoms. The van der Waals surface area contributed by atoms with Crippen LogP contribution in [0, 0.1) is 0 Å². The SMILES string of the molecule is COC(=O)c1ccc2c(n1)-c1ncccc1C(=O)C2=O. The number of nitrogens with zero attached hydrogens (tertiary/aromatic N) is 2. The van der Waals surface area contributed by atoms with E-state index in [-0.39, 0.29) is 22.5 Å². The third-order valence-electron chi connectivity index (χ3n) is 3.02. The summed E-state index contributed by atoms with van der Waals surface area (Å²) in [6.07, 6.45) is 1.50. The highest BCUT2D eigenvalue weighted by Crippen LogP contribution is 2.30. The van der Waals surface area contributed by atoms with Crippen molar-refractivity contribution in [1.82, 2.24) is 9.97 Å². The minimum Gasteiger partial charge on any atom is -0.464 e. The normalized spacial score (nSPS) is 12.7. The molecular weight excluding hydrogens is 260 g/mol. The van der Waals surface area contributed by atoms with E-state index in [1.807, 2.05) is 0 Å². The van der Waals surface area contributed by atoms with Gasteiger partial charge in [0.25, 0.3) is 0 Å². The maximum absolute atomic E-state index is 12.0. The highest BCUT2D eigenvalue weighted by atomic mass is 16.5. The second-order valence-electron chi connectivity index (χ2n) is 4.14. The first kappa shape index (κ1) is 12.2. The highest BCUT2D eigenvalue weighted by molar-refractivity contribution is 6.52. The van der Waals surface area contributed by atoms with Crippen LogP contribution in [0.25, 0.3) is 11.4 Å². The molecule has 1 aliphatic carbocycles. The van der Waals surface area contributed by atoms with Crippen LogP contribution >= 0.6 is 0 Å². The molecule has 0 unspecified atom stereocenters. The van der Waals surface area contributed by atoms with Gasteiger partial charge >= 0.3 is 5.97 Å². The summed E-state index contributed by atoms with van der Waals surface area (Å²) in [7, 11) is 1.24. The fraction of sp³-hybridized carbons (Fsp3) is 0.0714. The number of aromatic nitrogens is 2. The van der Waals surface area contributed by atoms with E-state index in [0.717, 1.165) is 0 Å². The summed E-state index contributed by atoms with van der Waals surface area (Å²) in [5, 5.41) is 0. The minimum atomic E-state index is -0.649. The monoisotopic (exact) mass is 268 g/mol. The molecule has 98 valence electrons. The standard InChI is InChI=1S/C14H8N2O4/c1-20-14(19)9-5-4-8-11(16-9)10-7(3-2-6-15-10)12(17)13(8)18/h2-6H,1H3. The maximum atomic E-state index is 12.0. The molecule has 3 rings (SSSR count). The summed E-state index contributed by atoms with van der Waals surface area (Å²) in [6.45, 7) is 0. The lowest BCUT2D eigenvalue weighted by Gasteiger charge is -2.15. The first-order chi connectivity index (χ1) is 9.63. The number of ether oxygens (including phenoxy) is 1. The van der Waals surface area contributed by atoms with Gasteiger partial charge in [0, 0.05) is 6.20 Å². The molecule has 0 bridgehead atoms. The maximum Gasteiger partial charge on any atom is 0.356 e. The van der Waals surface area contributed by atoms with Gasteiger partial charge in [-0.1, -0.05) is 0 Å². The Kier molecular flexibility index (Phi) is 2.64. The summed E-state index contributed by atoms with van der Waals surface area (Å²) >= 11 is 0. The Bertz CT molecular complexity index is 768. The van der Waals surface area contributed by atoms with E-state index in [1.165, 1.54) is 31.5 Å². The van der Waals surface area contributed by atoms with Gasteiger partial charge in [0.05, 0.1) is 18.2 Å².